The van der Waals surface area contributed by atoms with Crippen LogP contribution >= 0.6 is 15.8 Å². The van der Waals surface area contributed by atoms with Gasteiger partial charge in [-0.1, -0.05) is 55.5 Å². The smallest absolute Gasteiger partial charge is 0.468 e. The SMILES string of the molecule is CO[B-]1(CCCCc2cc[n+]3c(c2)-c2cc(CCCC[B-]4(OC)[n+]5ccc(C)cc5-c5cc(C)cc[n+]54)cc[n+]2[B-]3(Br)c2ccc(C)cc2)[n+]2ccc(C)cc2-c2cc(C)cc[n+]21. The van der Waals surface area contributed by atoms with Crippen LogP contribution in [0.1, 0.15) is 64.6 Å². The number of aromatic nitrogens is 6. The van der Waals surface area contributed by atoms with Gasteiger partial charge in [-0.15, -0.1) is 0 Å². The van der Waals surface area contributed by atoms with Crippen LogP contribution in [0.15, 0.2) is 134 Å². The third kappa shape index (κ3) is 6.74. The number of hydrogen-bond donors (Lipinski definition) is 0. The van der Waals surface area contributed by atoms with Gasteiger partial charge in [-0.05, 0) is 113 Å². The third-order valence-corrected chi connectivity index (χ3v) is 16.2. The second-order valence-electron chi connectivity index (χ2n) is 18.9. The molecule has 0 atom stereocenters. The summed E-state index contributed by atoms with van der Waals surface area (Å²) >= 11 is 4.38. The average molecular weight is 900 g/mol. The van der Waals surface area contributed by atoms with E-state index in [1.54, 1.807) is 0 Å². The minimum absolute atomic E-state index is 0.934. The standard InChI is InChI=1S/C51H59B3BrN6O2/c1-38-14-16-45(17-15-38)54(55)60-30-22-43(12-8-10-24-52(62-6)56-26-18-39(2)32-46(56)47-33-40(3)19-27-57(47)52)36-50(60)51-37-44(23-31-61(51)54)13-9-11-25-53(63-7)58-28-20-41(4)34-48(58)49-35-42(5)21-29-59(49)53/h14-23,26-37H,8-13,24-25H2,1-7H3/q+3. The fourth-order valence-electron chi connectivity index (χ4n) is 11.4. The molecule has 0 saturated carbocycles. The summed E-state index contributed by atoms with van der Waals surface area (Å²) in [6.07, 6.45) is 21.6. The molecule has 3 aliphatic heterocycles. The number of unbranched alkanes of at least 4 members (excludes halogenated alkanes) is 2. The molecule has 7 aromatic rings. The molecule has 6 aromatic heterocycles. The average Bonchev–Trinajstić information content (AvgIpc) is 3.81. The molecule has 1 aromatic carbocycles. The number of aryl methyl sites for hydroxylation is 7. The molecule has 63 heavy (non-hydrogen) atoms. The lowest BCUT2D eigenvalue weighted by molar-refractivity contribution is -0.667. The summed E-state index contributed by atoms with van der Waals surface area (Å²) in [5.41, 5.74) is 17.7. The molecule has 0 unspecified atom stereocenters. The van der Waals surface area contributed by atoms with Crippen LogP contribution in [0.2, 0.25) is 12.6 Å². The summed E-state index contributed by atoms with van der Waals surface area (Å²) in [6.45, 7) is 7.92. The van der Waals surface area contributed by atoms with Crippen LogP contribution in [0, 0.1) is 34.6 Å². The fraction of sp³-hybridized carbons (Fsp3) is 0.294. The van der Waals surface area contributed by atoms with Gasteiger partial charge < -0.3 is 36.2 Å². The lowest BCUT2D eigenvalue weighted by atomic mass is 9.60. The van der Waals surface area contributed by atoms with Crippen molar-refractivity contribution in [3.8, 4) is 34.2 Å². The van der Waals surface area contributed by atoms with Crippen molar-refractivity contribution in [2.45, 2.75) is 85.8 Å². The molecule has 0 aliphatic carbocycles. The molecule has 318 valence electrons. The number of rotatable bonds is 13. The minimum atomic E-state index is -1.47. The maximum absolute atomic E-state index is 6.55. The predicted octanol–water partition coefficient (Wildman–Crippen LogP) is 6.54. The van der Waals surface area contributed by atoms with E-state index in [0.717, 1.165) is 51.2 Å². The molecule has 0 spiro atoms. The van der Waals surface area contributed by atoms with Crippen molar-refractivity contribution in [3.63, 3.8) is 0 Å². The Morgan fingerprint density at radius 3 is 1.08 bits per heavy atom. The van der Waals surface area contributed by atoms with Crippen LogP contribution in [0.4, 0.5) is 0 Å². The Morgan fingerprint density at radius 2 is 0.730 bits per heavy atom. The second-order valence-corrected chi connectivity index (χ2v) is 20.2. The zero-order valence-corrected chi connectivity index (χ0v) is 39.6. The predicted molar refractivity (Wildman–Crippen MR) is 255 cm³/mol. The van der Waals surface area contributed by atoms with E-state index in [2.05, 4.69) is 211 Å². The van der Waals surface area contributed by atoms with Crippen molar-refractivity contribution >= 4 is 39.7 Å². The van der Waals surface area contributed by atoms with Gasteiger partial charge in [-0.25, -0.2) is 0 Å². The van der Waals surface area contributed by atoms with Crippen molar-refractivity contribution in [3.05, 3.63) is 173 Å². The lowest BCUT2D eigenvalue weighted by Crippen LogP contribution is -2.80. The van der Waals surface area contributed by atoms with Gasteiger partial charge in [0, 0.05) is 72.8 Å². The molecule has 0 fully saturated rings. The Morgan fingerprint density at radius 1 is 0.397 bits per heavy atom. The van der Waals surface area contributed by atoms with E-state index < -0.39 is 18.5 Å². The summed E-state index contributed by atoms with van der Waals surface area (Å²) in [5.74, 6) is 0. The minimum Gasteiger partial charge on any atom is -0.468 e. The number of nitrogens with zero attached hydrogens (tertiary/aromatic N) is 6. The molecule has 0 radical (unpaired) electrons. The lowest BCUT2D eigenvalue weighted by Gasteiger charge is -2.22. The summed E-state index contributed by atoms with van der Waals surface area (Å²) in [7, 11) is 3.76. The molecule has 8 nitrogen and oxygen atoms in total. The van der Waals surface area contributed by atoms with Crippen molar-refractivity contribution in [2.24, 2.45) is 0 Å². The van der Waals surface area contributed by atoms with E-state index in [1.165, 1.54) is 78.6 Å². The molecule has 3 aliphatic rings. The van der Waals surface area contributed by atoms with Crippen LogP contribution in [0.3, 0.4) is 0 Å². The van der Waals surface area contributed by atoms with Gasteiger partial charge in [-0.2, -0.15) is 15.8 Å². The molecule has 9 heterocycles. The fourth-order valence-corrected chi connectivity index (χ4v) is 12.4. The van der Waals surface area contributed by atoms with Crippen molar-refractivity contribution < 1.29 is 36.2 Å². The number of fused-ring (bicyclic) bond motifs is 9. The van der Waals surface area contributed by atoms with E-state index in [1.807, 2.05) is 14.2 Å². The molecule has 10 rings (SSSR count). The maximum Gasteiger partial charge on any atom is 0.689 e. The number of benzene rings is 1. The Hall–Kier alpha value is -5.29. The van der Waals surface area contributed by atoms with Crippen LogP contribution in [-0.2, 0) is 22.2 Å². The Balaban J connectivity index is 0.896. The highest BCUT2D eigenvalue weighted by Gasteiger charge is 2.61. The molecule has 12 heteroatoms. The Kier molecular flexibility index (Phi) is 10.6. The van der Waals surface area contributed by atoms with Crippen LogP contribution in [0.25, 0.3) is 34.2 Å². The van der Waals surface area contributed by atoms with E-state index in [4.69, 9.17) is 9.31 Å². The number of pyridine rings is 6. The van der Waals surface area contributed by atoms with Gasteiger partial charge in [0.15, 0.2) is 0 Å². The third-order valence-electron chi connectivity index (χ3n) is 14.8. The summed E-state index contributed by atoms with van der Waals surface area (Å²) in [4.78, 5) is 0. The quantitative estimate of drug-likeness (QED) is 0.0976. The Labute approximate surface area is 381 Å². The second kappa shape index (κ2) is 16.1. The molecular weight excluding hydrogens is 841 g/mol. The van der Waals surface area contributed by atoms with Crippen molar-refractivity contribution in [1.29, 1.82) is 0 Å². The highest BCUT2D eigenvalue weighted by molar-refractivity contribution is 9.25. The van der Waals surface area contributed by atoms with Gasteiger partial charge in [0.25, 0.3) is 0 Å². The van der Waals surface area contributed by atoms with Crippen LogP contribution < -0.4 is 32.3 Å². The van der Waals surface area contributed by atoms with E-state index in [0.29, 0.717) is 0 Å². The highest BCUT2D eigenvalue weighted by Crippen LogP contribution is 2.30. The van der Waals surface area contributed by atoms with E-state index in [-0.39, 0.29) is 0 Å². The summed E-state index contributed by atoms with van der Waals surface area (Å²) in [5, 5.41) is -1.47. The van der Waals surface area contributed by atoms with Gasteiger partial charge in [-0.3, -0.25) is 0 Å². The molecule has 0 saturated heterocycles. The van der Waals surface area contributed by atoms with Crippen molar-refractivity contribution in [2.75, 3.05) is 14.2 Å². The zero-order chi connectivity index (χ0) is 43.7. The molecule has 0 amide bonds. The summed E-state index contributed by atoms with van der Waals surface area (Å²) < 4.78 is 27.6. The van der Waals surface area contributed by atoms with Gasteiger partial charge in [0.2, 0.25) is 34.2 Å². The molecule has 0 N–H and O–H groups in total. The first-order valence-corrected chi connectivity index (χ1v) is 23.9. The maximum atomic E-state index is 6.55. The largest absolute Gasteiger partial charge is 0.689 e. The van der Waals surface area contributed by atoms with Gasteiger partial charge >= 0.3 is 18.5 Å². The van der Waals surface area contributed by atoms with Crippen LogP contribution in [0.5, 0.6) is 0 Å². The summed E-state index contributed by atoms with van der Waals surface area (Å²) in [6, 6.07) is 36.6. The first-order valence-electron chi connectivity index (χ1n) is 23.0. The van der Waals surface area contributed by atoms with Crippen LogP contribution in [-0.4, -0.2) is 32.7 Å². The monoisotopic (exact) mass is 899 g/mol. The number of halogens is 1. The van der Waals surface area contributed by atoms with Gasteiger partial charge in [0.05, 0.1) is 0 Å². The normalized spacial score (nSPS) is 15.4. The first kappa shape index (κ1) is 41.7. The number of hydrogen-bond acceptors (Lipinski definition) is 2. The molecule has 0 bridgehead atoms. The molecular formula is C51H59B3BrN6O2+3. The van der Waals surface area contributed by atoms with E-state index in [9.17, 15) is 0 Å². The van der Waals surface area contributed by atoms with Gasteiger partial charge in [0.1, 0.15) is 37.2 Å². The highest BCUT2D eigenvalue weighted by atomic mass is 79.9. The first-order chi connectivity index (χ1) is 30.5. The van der Waals surface area contributed by atoms with Crippen molar-refractivity contribution in [1.82, 2.24) is 0 Å². The Bertz CT molecular complexity index is 2670. The topological polar surface area (TPSA) is 41.7 Å². The zero-order valence-electron chi connectivity index (χ0n) is 38.0. The van der Waals surface area contributed by atoms with E-state index >= 15 is 0 Å².